The lowest BCUT2D eigenvalue weighted by Crippen LogP contribution is -2.43. The Morgan fingerprint density at radius 2 is 2.07 bits per heavy atom. The van der Waals surface area contributed by atoms with Crippen molar-refractivity contribution in [2.24, 2.45) is 13.0 Å². The number of carbonyl (C=O) groups is 2. The number of likely N-dealkylation sites (tertiary alicyclic amines) is 1. The molecule has 2 heterocycles. The fourth-order valence-corrected chi connectivity index (χ4v) is 3.75. The van der Waals surface area contributed by atoms with Gasteiger partial charge in [-0.3, -0.25) is 4.79 Å². The Morgan fingerprint density at radius 3 is 2.79 bits per heavy atom. The maximum Gasteiger partial charge on any atom is 0.410 e. The van der Waals surface area contributed by atoms with E-state index in [2.05, 4.69) is 10.3 Å². The van der Waals surface area contributed by atoms with Gasteiger partial charge in [0.05, 0.1) is 11.0 Å². The number of fused-ring (bicyclic) bond motifs is 1. The van der Waals surface area contributed by atoms with Crippen molar-refractivity contribution >= 4 is 23.0 Å². The van der Waals surface area contributed by atoms with Gasteiger partial charge in [0.2, 0.25) is 0 Å². The van der Waals surface area contributed by atoms with Crippen LogP contribution in [0.3, 0.4) is 0 Å². The molecule has 1 atom stereocenters. The third-order valence-electron chi connectivity index (χ3n) is 5.38. The average Bonchev–Trinajstić information content (AvgIpc) is 2.94. The highest BCUT2D eigenvalue weighted by atomic mass is 16.6. The number of benzene rings is 1. The molecule has 7 nitrogen and oxygen atoms in total. The lowest BCUT2D eigenvalue weighted by Gasteiger charge is -2.34. The Labute approximate surface area is 172 Å². The number of aromatic nitrogens is 2. The molecule has 0 radical (unpaired) electrons. The molecule has 1 aromatic heterocycles. The minimum atomic E-state index is -0.481. The number of carbonyl (C=O) groups excluding carboxylic acids is 2. The third kappa shape index (κ3) is 5.28. The number of imidazole rings is 1. The van der Waals surface area contributed by atoms with Crippen LogP contribution < -0.4 is 5.32 Å². The van der Waals surface area contributed by atoms with Crippen molar-refractivity contribution in [3.8, 4) is 0 Å². The molecule has 1 aliphatic heterocycles. The van der Waals surface area contributed by atoms with E-state index in [1.54, 1.807) is 4.90 Å². The first-order valence-electron chi connectivity index (χ1n) is 10.3. The lowest BCUT2D eigenvalue weighted by atomic mass is 9.95. The molecule has 1 fully saturated rings. The van der Waals surface area contributed by atoms with Crippen LogP contribution in [0.15, 0.2) is 18.2 Å². The van der Waals surface area contributed by atoms with Crippen LogP contribution in [0.2, 0.25) is 0 Å². The van der Waals surface area contributed by atoms with Gasteiger partial charge >= 0.3 is 6.09 Å². The number of aryl methyl sites for hydroxylation is 2. The summed E-state index contributed by atoms with van der Waals surface area (Å²) < 4.78 is 7.49. The third-order valence-corrected chi connectivity index (χ3v) is 5.38. The van der Waals surface area contributed by atoms with E-state index in [1.165, 1.54) is 0 Å². The van der Waals surface area contributed by atoms with Crippen LogP contribution in [-0.4, -0.2) is 51.7 Å². The van der Waals surface area contributed by atoms with Gasteiger partial charge in [-0.1, -0.05) is 0 Å². The number of hydrogen-bond donors (Lipinski definition) is 1. The van der Waals surface area contributed by atoms with E-state index in [-0.39, 0.29) is 12.0 Å². The van der Waals surface area contributed by atoms with Crippen LogP contribution >= 0.6 is 0 Å². The molecule has 29 heavy (non-hydrogen) atoms. The largest absolute Gasteiger partial charge is 0.444 e. The van der Waals surface area contributed by atoms with E-state index in [9.17, 15) is 9.59 Å². The van der Waals surface area contributed by atoms with Crippen molar-refractivity contribution < 1.29 is 14.3 Å². The number of nitrogens with zero attached hydrogens (tertiary/aromatic N) is 3. The van der Waals surface area contributed by atoms with Gasteiger partial charge in [-0.15, -0.1) is 0 Å². The number of nitrogens with one attached hydrogen (secondary N) is 1. The molecule has 7 heteroatoms. The predicted octanol–water partition coefficient (Wildman–Crippen LogP) is 3.65. The number of hydrogen-bond acceptors (Lipinski definition) is 4. The SMILES string of the molecule is Cc1nc2cc(C(=O)NCCC3CCCN(C(=O)OC(C)(C)C)C3)ccc2n1C. The highest BCUT2D eigenvalue weighted by Gasteiger charge is 2.27. The van der Waals surface area contributed by atoms with Crippen molar-refractivity contribution in [3.05, 3.63) is 29.6 Å². The zero-order valence-corrected chi connectivity index (χ0v) is 18.1. The van der Waals surface area contributed by atoms with Crippen LogP contribution in [0.4, 0.5) is 4.79 Å². The number of rotatable bonds is 4. The lowest BCUT2D eigenvalue weighted by molar-refractivity contribution is 0.0161. The van der Waals surface area contributed by atoms with Crippen molar-refractivity contribution in [2.75, 3.05) is 19.6 Å². The minimum Gasteiger partial charge on any atom is -0.444 e. The molecule has 0 bridgehead atoms. The first-order valence-corrected chi connectivity index (χ1v) is 10.3. The van der Waals surface area contributed by atoms with E-state index in [1.807, 2.05) is 57.5 Å². The average molecular weight is 401 g/mol. The summed E-state index contributed by atoms with van der Waals surface area (Å²) in [4.78, 5) is 31.1. The molecule has 1 aromatic carbocycles. The summed E-state index contributed by atoms with van der Waals surface area (Å²) in [6.07, 6.45) is 2.63. The minimum absolute atomic E-state index is 0.0880. The molecular weight excluding hydrogens is 368 g/mol. The molecule has 1 saturated heterocycles. The van der Waals surface area contributed by atoms with Gasteiger partial charge in [-0.05, 0) is 71.1 Å². The van der Waals surface area contributed by atoms with Crippen LogP contribution in [-0.2, 0) is 11.8 Å². The monoisotopic (exact) mass is 400 g/mol. The van der Waals surface area contributed by atoms with Crippen molar-refractivity contribution in [3.63, 3.8) is 0 Å². The molecule has 0 aliphatic carbocycles. The van der Waals surface area contributed by atoms with Crippen LogP contribution in [0, 0.1) is 12.8 Å². The zero-order valence-electron chi connectivity index (χ0n) is 18.1. The quantitative estimate of drug-likeness (QED) is 0.850. The summed E-state index contributed by atoms with van der Waals surface area (Å²) in [7, 11) is 1.97. The maximum absolute atomic E-state index is 12.5. The van der Waals surface area contributed by atoms with Gasteiger partial charge in [0.1, 0.15) is 11.4 Å². The Kier molecular flexibility index (Phi) is 6.15. The molecule has 3 rings (SSSR count). The summed E-state index contributed by atoms with van der Waals surface area (Å²) in [5.41, 5.74) is 1.99. The van der Waals surface area contributed by atoms with Gasteiger partial charge in [0, 0.05) is 32.2 Å². The van der Waals surface area contributed by atoms with Gasteiger partial charge in [-0.25, -0.2) is 9.78 Å². The van der Waals surface area contributed by atoms with Crippen molar-refractivity contribution in [1.29, 1.82) is 0 Å². The van der Waals surface area contributed by atoms with Crippen molar-refractivity contribution in [1.82, 2.24) is 19.8 Å². The normalized spacial score (nSPS) is 17.4. The first kappa shape index (κ1) is 21.1. The smallest absolute Gasteiger partial charge is 0.410 e. The first-order chi connectivity index (χ1) is 13.6. The second-order valence-electron chi connectivity index (χ2n) is 8.90. The number of amides is 2. The molecule has 158 valence electrons. The fraction of sp³-hybridized carbons (Fsp3) is 0.591. The van der Waals surface area contributed by atoms with E-state index >= 15 is 0 Å². The van der Waals surface area contributed by atoms with E-state index in [0.717, 1.165) is 42.7 Å². The number of ether oxygens (including phenoxy) is 1. The second kappa shape index (κ2) is 8.43. The Balaban J connectivity index is 1.50. The van der Waals surface area contributed by atoms with Crippen LogP contribution in [0.1, 0.15) is 56.2 Å². The van der Waals surface area contributed by atoms with Gasteiger partial charge in [0.25, 0.3) is 5.91 Å². The fourth-order valence-electron chi connectivity index (χ4n) is 3.75. The Morgan fingerprint density at radius 1 is 1.31 bits per heavy atom. The summed E-state index contributed by atoms with van der Waals surface area (Å²) in [5, 5.41) is 3.01. The van der Waals surface area contributed by atoms with Gasteiger partial charge < -0.3 is 19.5 Å². The Hall–Kier alpha value is -2.57. The number of piperidine rings is 1. The summed E-state index contributed by atoms with van der Waals surface area (Å²) in [5.74, 6) is 1.21. The molecular formula is C22H32N4O3. The van der Waals surface area contributed by atoms with E-state index < -0.39 is 5.60 Å². The molecule has 1 N–H and O–H groups in total. The van der Waals surface area contributed by atoms with Crippen molar-refractivity contribution in [2.45, 2.75) is 52.6 Å². The summed E-state index contributed by atoms with van der Waals surface area (Å²) in [6, 6.07) is 5.61. The van der Waals surface area contributed by atoms with Gasteiger partial charge in [-0.2, -0.15) is 0 Å². The molecule has 1 unspecified atom stereocenters. The second-order valence-corrected chi connectivity index (χ2v) is 8.90. The molecule has 0 saturated carbocycles. The highest BCUT2D eigenvalue weighted by molar-refractivity contribution is 5.97. The summed E-state index contributed by atoms with van der Waals surface area (Å²) in [6.45, 7) is 9.60. The predicted molar refractivity (Wildman–Crippen MR) is 113 cm³/mol. The van der Waals surface area contributed by atoms with Crippen LogP contribution in [0.5, 0.6) is 0 Å². The van der Waals surface area contributed by atoms with E-state index in [4.69, 9.17) is 4.74 Å². The van der Waals surface area contributed by atoms with Crippen LogP contribution in [0.25, 0.3) is 11.0 Å². The molecule has 0 spiro atoms. The highest BCUT2D eigenvalue weighted by Crippen LogP contribution is 2.21. The topological polar surface area (TPSA) is 76.5 Å². The molecule has 1 aliphatic rings. The molecule has 2 aromatic rings. The van der Waals surface area contributed by atoms with Gasteiger partial charge in [0.15, 0.2) is 0 Å². The zero-order chi connectivity index (χ0) is 21.2. The summed E-state index contributed by atoms with van der Waals surface area (Å²) >= 11 is 0. The Bertz CT molecular complexity index is 897. The molecule has 2 amide bonds. The maximum atomic E-state index is 12.5. The van der Waals surface area contributed by atoms with E-state index in [0.29, 0.717) is 24.6 Å². The standard InChI is InChI=1S/C22H32N4O3/c1-15-24-18-13-17(8-9-19(18)25(15)5)20(27)23-11-10-16-7-6-12-26(14-16)21(28)29-22(2,3)4/h8-9,13,16H,6-7,10-12,14H2,1-5H3,(H,23,27).